The minimum absolute atomic E-state index is 0. The molecule has 2 aromatic carbocycles. The smallest absolute Gasteiger partial charge is 0.0633 e. The van der Waals surface area contributed by atoms with E-state index in [2.05, 4.69) is 116 Å². The molecule has 0 heterocycles. The SMILES string of the molecule is CCCCCCCCCCCCCCCCCCCCCCCCCCC(=N\c1ccc(C(C)[Si](C)(C)C)cc1)/C(CCCC)=N/c1ccc(C(C)[Si](C)(C)C)cc1.[Pd]. The Morgan fingerprint density at radius 1 is 0.373 bits per heavy atom. The second kappa shape index (κ2) is 33.4. The van der Waals surface area contributed by atoms with Crippen LogP contribution >= 0.6 is 0 Å². The third-order valence-electron chi connectivity index (χ3n) is 13.3. The number of hydrogen-bond acceptors (Lipinski definition) is 2. The molecule has 0 aliphatic carbocycles. The van der Waals surface area contributed by atoms with Crippen LogP contribution in [0.15, 0.2) is 58.5 Å². The van der Waals surface area contributed by atoms with Crippen molar-refractivity contribution < 1.29 is 20.4 Å². The standard InChI is InChI=1S/C54H96N2Si2.Pd/c1-11-13-15-16-17-18-19-20-21-22-23-24-25-26-27-28-29-30-31-32-33-34-35-36-38-54(56-52-45-41-50(42-46-52)48(4)58(8,9)10)53(37-14-12-2)55-51-43-39-49(40-44-51)47(3)57(5,6)7;/h39-48H,11-38H2,1-10H3;/b55-53+,56-54+;. The molecule has 0 amide bonds. The molecule has 2 atom stereocenters. The molecule has 0 aliphatic rings. The molecule has 59 heavy (non-hydrogen) atoms. The van der Waals surface area contributed by atoms with Gasteiger partial charge in [-0.05, 0) is 72.2 Å². The van der Waals surface area contributed by atoms with Crippen LogP contribution < -0.4 is 0 Å². The van der Waals surface area contributed by atoms with Crippen LogP contribution in [0.25, 0.3) is 0 Å². The molecule has 0 aromatic heterocycles. The van der Waals surface area contributed by atoms with E-state index in [0.29, 0.717) is 11.1 Å². The molecule has 0 saturated carbocycles. The Balaban J connectivity index is 0.0000174. The predicted molar refractivity (Wildman–Crippen MR) is 271 cm³/mol. The molecular formula is C54H96N2PdSi2. The third kappa shape index (κ3) is 26.2. The topological polar surface area (TPSA) is 24.7 Å². The second-order valence-corrected chi connectivity index (χ2v) is 31.7. The molecule has 0 saturated heterocycles. The van der Waals surface area contributed by atoms with Gasteiger partial charge in [-0.1, -0.05) is 245 Å². The Kier molecular flexibility index (Phi) is 31.7. The quantitative estimate of drug-likeness (QED) is 0.0374. The minimum Gasteiger partial charge on any atom is -0.252 e. The summed E-state index contributed by atoms with van der Waals surface area (Å²) in [5.74, 6) is 0. The zero-order valence-corrected chi connectivity index (χ0v) is 44.3. The fourth-order valence-electron chi connectivity index (χ4n) is 8.12. The van der Waals surface area contributed by atoms with E-state index in [1.807, 2.05) is 0 Å². The monoisotopic (exact) mass is 935 g/mol. The van der Waals surface area contributed by atoms with Crippen LogP contribution in [0.5, 0.6) is 0 Å². The number of rotatable bonds is 35. The summed E-state index contributed by atoms with van der Waals surface area (Å²) >= 11 is 0. The summed E-state index contributed by atoms with van der Waals surface area (Å²) in [6, 6.07) is 18.4. The number of nitrogens with zero attached hydrogens (tertiary/aromatic N) is 2. The molecule has 0 spiro atoms. The van der Waals surface area contributed by atoms with Gasteiger partial charge in [-0.15, -0.1) is 0 Å². The molecule has 5 heteroatoms. The van der Waals surface area contributed by atoms with Gasteiger partial charge in [-0.3, -0.25) is 9.98 Å². The van der Waals surface area contributed by atoms with Crippen molar-refractivity contribution in [2.45, 2.75) is 258 Å². The van der Waals surface area contributed by atoms with Crippen molar-refractivity contribution in [1.82, 2.24) is 0 Å². The molecule has 2 aromatic rings. The summed E-state index contributed by atoms with van der Waals surface area (Å²) in [6.45, 7) is 24.2. The van der Waals surface area contributed by atoms with Gasteiger partial charge in [-0.25, -0.2) is 0 Å². The fraction of sp³-hybridized carbons (Fsp3) is 0.741. The van der Waals surface area contributed by atoms with Gasteiger partial charge in [0.05, 0.1) is 38.9 Å². The van der Waals surface area contributed by atoms with Gasteiger partial charge in [0, 0.05) is 20.4 Å². The fourth-order valence-corrected chi connectivity index (χ4v) is 10.5. The normalized spacial score (nSPS) is 13.7. The minimum atomic E-state index is -1.26. The van der Waals surface area contributed by atoms with Crippen LogP contribution in [-0.4, -0.2) is 27.6 Å². The van der Waals surface area contributed by atoms with Crippen LogP contribution in [0.2, 0.25) is 39.3 Å². The number of aliphatic imine (C=N–C) groups is 2. The molecule has 2 nitrogen and oxygen atoms in total. The first-order valence-corrected chi connectivity index (χ1v) is 32.4. The van der Waals surface area contributed by atoms with Crippen molar-refractivity contribution in [2.24, 2.45) is 9.98 Å². The molecule has 0 radical (unpaired) electrons. The number of hydrogen-bond donors (Lipinski definition) is 0. The van der Waals surface area contributed by atoms with E-state index < -0.39 is 16.1 Å². The first-order chi connectivity index (χ1) is 27.9. The van der Waals surface area contributed by atoms with Crippen LogP contribution in [-0.2, 0) is 20.4 Å². The molecule has 0 N–H and O–H groups in total. The van der Waals surface area contributed by atoms with Gasteiger partial charge in [0.2, 0.25) is 0 Å². The van der Waals surface area contributed by atoms with E-state index in [9.17, 15) is 0 Å². The molecule has 0 aliphatic heterocycles. The van der Waals surface area contributed by atoms with Gasteiger partial charge in [0.1, 0.15) is 0 Å². The Bertz CT molecular complexity index is 1350. The summed E-state index contributed by atoms with van der Waals surface area (Å²) in [5, 5.41) is 0. The van der Waals surface area contributed by atoms with E-state index in [4.69, 9.17) is 9.98 Å². The first-order valence-electron chi connectivity index (χ1n) is 25.2. The molecule has 2 rings (SSSR count). The van der Waals surface area contributed by atoms with Crippen LogP contribution in [0.1, 0.15) is 230 Å². The van der Waals surface area contributed by atoms with Crippen molar-refractivity contribution in [3.05, 3.63) is 59.7 Å². The number of unbranched alkanes of at least 4 members (excludes halogenated alkanes) is 24. The summed E-state index contributed by atoms with van der Waals surface area (Å²) in [5.41, 5.74) is 8.74. The molecule has 0 fully saturated rings. The summed E-state index contributed by atoms with van der Waals surface area (Å²) in [6.07, 6.45) is 38.5. The third-order valence-corrected chi connectivity index (χ3v) is 19.1. The van der Waals surface area contributed by atoms with Crippen molar-refractivity contribution in [3.63, 3.8) is 0 Å². The zero-order valence-electron chi connectivity index (χ0n) is 40.8. The largest absolute Gasteiger partial charge is 0.252 e. The maximum Gasteiger partial charge on any atom is 0.0633 e. The number of benzene rings is 2. The van der Waals surface area contributed by atoms with Gasteiger partial charge < -0.3 is 0 Å². The first kappa shape index (κ1) is 55.9. The predicted octanol–water partition coefficient (Wildman–Crippen LogP) is 19.5. The van der Waals surface area contributed by atoms with Gasteiger partial charge in [0.25, 0.3) is 0 Å². The average molecular weight is 936 g/mol. The van der Waals surface area contributed by atoms with Crippen LogP contribution in [0.3, 0.4) is 0 Å². The van der Waals surface area contributed by atoms with E-state index >= 15 is 0 Å². The van der Waals surface area contributed by atoms with Gasteiger partial charge in [-0.2, -0.15) is 0 Å². The average Bonchev–Trinajstić information content (AvgIpc) is 3.20. The Hall–Kier alpha value is -1.12. The van der Waals surface area contributed by atoms with Gasteiger partial charge >= 0.3 is 0 Å². The van der Waals surface area contributed by atoms with Crippen LogP contribution in [0, 0.1) is 0 Å². The maximum absolute atomic E-state index is 5.38. The summed E-state index contributed by atoms with van der Waals surface area (Å²) in [4.78, 5) is 10.7. The molecular weight excluding hydrogens is 839 g/mol. The molecule has 0 bridgehead atoms. The molecule has 2 unspecified atom stereocenters. The van der Waals surface area contributed by atoms with Gasteiger partial charge in [0.15, 0.2) is 0 Å². The summed E-state index contributed by atoms with van der Waals surface area (Å²) in [7, 11) is -2.51. The van der Waals surface area contributed by atoms with E-state index in [0.717, 1.165) is 30.6 Å². The molecule has 340 valence electrons. The van der Waals surface area contributed by atoms with E-state index in [1.54, 1.807) is 0 Å². The second-order valence-electron chi connectivity index (χ2n) is 20.5. The van der Waals surface area contributed by atoms with Crippen LogP contribution in [0.4, 0.5) is 11.4 Å². The Morgan fingerprint density at radius 3 is 0.864 bits per heavy atom. The Labute approximate surface area is 384 Å². The van der Waals surface area contributed by atoms with Crippen molar-refractivity contribution in [3.8, 4) is 0 Å². The Morgan fingerprint density at radius 2 is 0.610 bits per heavy atom. The van der Waals surface area contributed by atoms with Crippen molar-refractivity contribution in [1.29, 1.82) is 0 Å². The van der Waals surface area contributed by atoms with Crippen molar-refractivity contribution >= 4 is 38.9 Å². The maximum atomic E-state index is 5.38. The van der Waals surface area contributed by atoms with E-state index in [1.165, 1.54) is 183 Å². The van der Waals surface area contributed by atoms with E-state index in [-0.39, 0.29) is 20.4 Å². The zero-order chi connectivity index (χ0) is 42.5. The summed E-state index contributed by atoms with van der Waals surface area (Å²) < 4.78 is 0. The van der Waals surface area contributed by atoms with Crippen molar-refractivity contribution in [2.75, 3.05) is 0 Å².